The summed E-state index contributed by atoms with van der Waals surface area (Å²) >= 11 is 0. The SMILES string of the molecule is Cn1cc(S(=O)(=O)NCC(=O)OCc2noc(-c3ccc(F)cc3)n2)cn1. The van der Waals surface area contributed by atoms with Gasteiger partial charge in [0.25, 0.3) is 5.89 Å². The summed E-state index contributed by atoms with van der Waals surface area (Å²) in [5.74, 6) is -1.01. The zero-order valence-corrected chi connectivity index (χ0v) is 14.8. The standard InChI is InChI=1S/C15H14FN5O5S/c1-21-8-12(6-17-21)27(23,24)18-7-14(22)25-9-13-19-15(26-20-13)10-2-4-11(16)5-3-10/h2-6,8,18H,7,9H2,1H3. The molecular weight excluding hydrogens is 381 g/mol. The maximum Gasteiger partial charge on any atom is 0.321 e. The van der Waals surface area contributed by atoms with Crippen LogP contribution in [0.5, 0.6) is 0 Å². The minimum absolute atomic E-state index is 0.0695. The van der Waals surface area contributed by atoms with Crippen LogP contribution in [-0.4, -0.2) is 40.9 Å². The number of hydrogen-bond donors (Lipinski definition) is 1. The molecule has 1 aromatic carbocycles. The third kappa shape index (κ3) is 4.74. The van der Waals surface area contributed by atoms with Gasteiger partial charge in [0.15, 0.2) is 6.61 Å². The fourth-order valence-corrected chi connectivity index (χ4v) is 2.94. The summed E-state index contributed by atoms with van der Waals surface area (Å²) in [6, 6.07) is 5.42. The van der Waals surface area contributed by atoms with E-state index in [2.05, 4.69) is 20.0 Å². The van der Waals surface area contributed by atoms with Crippen molar-refractivity contribution in [3.63, 3.8) is 0 Å². The highest BCUT2D eigenvalue weighted by molar-refractivity contribution is 7.89. The van der Waals surface area contributed by atoms with Crippen LogP contribution in [0.4, 0.5) is 4.39 Å². The Kier molecular flexibility index (Phi) is 5.28. The highest BCUT2D eigenvalue weighted by Gasteiger charge is 2.18. The van der Waals surface area contributed by atoms with Gasteiger partial charge in [-0.25, -0.2) is 12.8 Å². The van der Waals surface area contributed by atoms with Gasteiger partial charge in [-0.15, -0.1) is 0 Å². The molecule has 0 saturated heterocycles. The van der Waals surface area contributed by atoms with Crippen LogP contribution >= 0.6 is 0 Å². The van der Waals surface area contributed by atoms with Crippen molar-refractivity contribution >= 4 is 16.0 Å². The van der Waals surface area contributed by atoms with E-state index in [0.717, 1.165) is 6.20 Å². The van der Waals surface area contributed by atoms with Crippen LogP contribution in [0.1, 0.15) is 5.82 Å². The first kappa shape index (κ1) is 18.7. The predicted molar refractivity (Wildman–Crippen MR) is 87.9 cm³/mol. The molecule has 10 nitrogen and oxygen atoms in total. The van der Waals surface area contributed by atoms with E-state index in [1.165, 1.54) is 35.1 Å². The molecule has 3 rings (SSSR count). The molecule has 2 aromatic heterocycles. The second-order valence-electron chi connectivity index (χ2n) is 5.36. The molecule has 0 unspecified atom stereocenters. The molecule has 0 atom stereocenters. The summed E-state index contributed by atoms with van der Waals surface area (Å²) in [6.45, 7) is -0.877. The molecule has 0 aliphatic rings. The normalized spacial score (nSPS) is 11.5. The molecule has 0 saturated carbocycles. The van der Waals surface area contributed by atoms with Gasteiger partial charge >= 0.3 is 5.97 Å². The van der Waals surface area contributed by atoms with Gasteiger partial charge in [-0.3, -0.25) is 9.48 Å². The number of aryl methyl sites for hydroxylation is 1. The van der Waals surface area contributed by atoms with Gasteiger partial charge in [-0.05, 0) is 24.3 Å². The summed E-state index contributed by atoms with van der Waals surface area (Å²) in [5.41, 5.74) is 0.505. The highest BCUT2D eigenvalue weighted by atomic mass is 32.2. The molecule has 1 N–H and O–H groups in total. The van der Waals surface area contributed by atoms with Gasteiger partial charge in [-0.2, -0.15) is 14.8 Å². The lowest BCUT2D eigenvalue weighted by Crippen LogP contribution is -2.30. The second-order valence-corrected chi connectivity index (χ2v) is 7.12. The lowest BCUT2D eigenvalue weighted by molar-refractivity contribution is -0.143. The quantitative estimate of drug-likeness (QED) is 0.577. The first-order valence-corrected chi connectivity index (χ1v) is 9.04. The fraction of sp³-hybridized carbons (Fsp3) is 0.200. The summed E-state index contributed by atoms with van der Waals surface area (Å²) in [4.78, 5) is 15.7. The summed E-state index contributed by atoms with van der Waals surface area (Å²) in [7, 11) is -2.30. The Balaban J connectivity index is 1.51. The summed E-state index contributed by atoms with van der Waals surface area (Å²) in [6.07, 6.45) is 2.45. The number of rotatable bonds is 7. The lowest BCUT2D eigenvalue weighted by atomic mass is 10.2. The molecule has 0 aliphatic heterocycles. The fourth-order valence-electron chi connectivity index (χ4n) is 1.99. The number of esters is 1. The van der Waals surface area contributed by atoms with E-state index in [0.29, 0.717) is 5.56 Å². The summed E-state index contributed by atoms with van der Waals surface area (Å²) in [5, 5.41) is 7.39. The number of carbonyl (C=O) groups is 1. The summed E-state index contributed by atoms with van der Waals surface area (Å²) < 4.78 is 50.2. The number of aromatic nitrogens is 4. The molecule has 27 heavy (non-hydrogen) atoms. The minimum Gasteiger partial charge on any atom is -0.456 e. The van der Waals surface area contributed by atoms with Crippen molar-refractivity contribution in [2.24, 2.45) is 7.05 Å². The third-order valence-electron chi connectivity index (χ3n) is 3.32. The number of carbonyl (C=O) groups excluding carboxylic acids is 1. The Bertz CT molecular complexity index is 1040. The number of sulfonamides is 1. The van der Waals surface area contributed by atoms with Crippen LogP contribution in [0, 0.1) is 5.82 Å². The molecule has 12 heteroatoms. The first-order chi connectivity index (χ1) is 12.8. The maximum absolute atomic E-state index is 12.9. The van der Waals surface area contributed by atoms with E-state index in [1.807, 2.05) is 0 Å². The number of nitrogens with one attached hydrogen (secondary N) is 1. The Morgan fingerprint density at radius 1 is 1.33 bits per heavy atom. The van der Waals surface area contributed by atoms with Crippen LogP contribution in [-0.2, 0) is 33.2 Å². The predicted octanol–water partition coefficient (Wildman–Crippen LogP) is 0.631. The van der Waals surface area contributed by atoms with Crippen molar-refractivity contribution < 1.29 is 26.9 Å². The van der Waals surface area contributed by atoms with Gasteiger partial charge in [0.2, 0.25) is 15.8 Å². The van der Waals surface area contributed by atoms with E-state index in [-0.39, 0.29) is 23.2 Å². The maximum atomic E-state index is 12.9. The van der Waals surface area contributed by atoms with E-state index in [4.69, 9.17) is 9.26 Å². The molecule has 0 radical (unpaired) electrons. The Morgan fingerprint density at radius 2 is 2.07 bits per heavy atom. The first-order valence-electron chi connectivity index (χ1n) is 7.56. The molecule has 0 aliphatic carbocycles. The molecule has 0 fully saturated rings. The van der Waals surface area contributed by atoms with E-state index >= 15 is 0 Å². The molecule has 0 spiro atoms. The molecule has 2 heterocycles. The number of ether oxygens (including phenoxy) is 1. The van der Waals surface area contributed by atoms with Crippen LogP contribution < -0.4 is 4.72 Å². The monoisotopic (exact) mass is 395 g/mol. The average Bonchev–Trinajstić information content (AvgIpc) is 3.28. The minimum atomic E-state index is -3.87. The third-order valence-corrected chi connectivity index (χ3v) is 4.68. The van der Waals surface area contributed by atoms with Crippen molar-refractivity contribution in [2.45, 2.75) is 11.5 Å². The molecule has 3 aromatic rings. The van der Waals surface area contributed by atoms with Gasteiger partial charge in [0.05, 0.1) is 6.20 Å². The van der Waals surface area contributed by atoms with Gasteiger partial charge < -0.3 is 9.26 Å². The van der Waals surface area contributed by atoms with Crippen LogP contribution in [0.15, 0.2) is 46.1 Å². The molecule has 0 bridgehead atoms. The second kappa shape index (κ2) is 7.63. The molecule has 142 valence electrons. The number of halogens is 1. The zero-order valence-electron chi connectivity index (χ0n) is 14.0. The van der Waals surface area contributed by atoms with E-state index in [9.17, 15) is 17.6 Å². The van der Waals surface area contributed by atoms with Crippen molar-refractivity contribution in [3.05, 3.63) is 48.3 Å². The topological polar surface area (TPSA) is 129 Å². The van der Waals surface area contributed by atoms with Crippen molar-refractivity contribution in [3.8, 4) is 11.5 Å². The van der Waals surface area contributed by atoms with Crippen molar-refractivity contribution in [1.29, 1.82) is 0 Å². The average molecular weight is 395 g/mol. The van der Waals surface area contributed by atoms with E-state index < -0.39 is 28.4 Å². The van der Waals surface area contributed by atoms with Crippen molar-refractivity contribution in [1.82, 2.24) is 24.6 Å². The van der Waals surface area contributed by atoms with Crippen LogP contribution in [0.2, 0.25) is 0 Å². The number of nitrogens with zero attached hydrogens (tertiary/aromatic N) is 4. The Labute approximate surface area is 153 Å². The molecular formula is C15H14FN5O5S. The Morgan fingerprint density at radius 3 is 2.74 bits per heavy atom. The van der Waals surface area contributed by atoms with Crippen LogP contribution in [0.3, 0.4) is 0 Å². The Hall–Kier alpha value is -3.12. The largest absolute Gasteiger partial charge is 0.456 e. The smallest absolute Gasteiger partial charge is 0.321 e. The van der Waals surface area contributed by atoms with Crippen molar-refractivity contribution in [2.75, 3.05) is 6.54 Å². The number of hydrogen-bond acceptors (Lipinski definition) is 8. The van der Waals surface area contributed by atoms with Gasteiger partial charge in [-0.1, -0.05) is 5.16 Å². The highest BCUT2D eigenvalue weighted by Crippen LogP contribution is 2.17. The van der Waals surface area contributed by atoms with E-state index in [1.54, 1.807) is 7.05 Å². The number of benzene rings is 1. The van der Waals surface area contributed by atoms with Crippen LogP contribution in [0.25, 0.3) is 11.5 Å². The van der Waals surface area contributed by atoms with Gasteiger partial charge in [0.1, 0.15) is 17.3 Å². The zero-order chi connectivity index (χ0) is 19.4. The lowest BCUT2D eigenvalue weighted by Gasteiger charge is -2.04. The molecule has 0 amide bonds. The van der Waals surface area contributed by atoms with Gasteiger partial charge in [0, 0.05) is 18.8 Å².